The monoisotopic (exact) mass is 484 g/mol. The first kappa shape index (κ1) is 23.3. The van der Waals surface area contributed by atoms with Crippen molar-refractivity contribution >= 4 is 35.2 Å². The summed E-state index contributed by atoms with van der Waals surface area (Å²) < 4.78 is 7.06. The number of hydrogen-bond acceptors (Lipinski definition) is 6. The van der Waals surface area contributed by atoms with Crippen LogP contribution in [0.25, 0.3) is 17.1 Å². The molecule has 4 rings (SSSR count). The van der Waals surface area contributed by atoms with Gasteiger partial charge in [-0.15, -0.1) is 10.2 Å². The molecule has 1 aliphatic heterocycles. The van der Waals surface area contributed by atoms with Gasteiger partial charge in [0.15, 0.2) is 11.0 Å². The van der Waals surface area contributed by atoms with Gasteiger partial charge in [0.2, 0.25) is 5.91 Å². The van der Waals surface area contributed by atoms with E-state index in [9.17, 15) is 9.59 Å². The fourth-order valence-corrected chi connectivity index (χ4v) is 4.94. The number of piperidine rings is 1. The Morgan fingerprint density at radius 1 is 1.12 bits per heavy atom. The van der Waals surface area contributed by atoms with Crippen LogP contribution >= 0.6 is 23.4 Å². The third-order valence-corrected chi connectivity index (χ3v) is 6.72. The van der Waals surface area contributed by atoms with Gasteiger partial charge in [-0.3, -0.25) is 14.2 Å². The maximum Gasteiger partial charge on any atom is 0.310 e. The van der Waals surface area contributed by atoms with Gasteiger partial charge in [-0.2, -0.15) is 0 Å². The van der Waals surface area contributed by atoms with E-state index in [-0.39, 0.29) is 23.5 Å². The van der Waals surface area contributed by atoms with E-state index in [4.69, 9.17) is 16.3 Å². The van der Waals surface area contributed by atoms with Gasteiger partial charge in [-0.05, 0) is 44.0 Å². The first-order valence-electron chi connectivity index (χ1n) is 10.9. The number of carbonyl (C=O) groups excluding carboxylic acids is 2. The summed E-state index contributed by atoms with van der Waals surface area (Å²) in [6, 6.07) is 17.2. The van der Waals surface area contributed by atoms with Gasteiger partial charge in [-0.1, -0.05) is 53.7 Å². The highest BCUT2D eigenvalue weighted by Crippen LogP contribution is 2.32. The summed E-state index contributed by atoms with van der Waals surface area (Å²) in [6.45, 7) is 3.18. The number of rotatable bonds is 7. The van der Waals surface area contributed by atoms with E-state index in [2.05, 4.69) is 10.2 Å². The zero-order chi connectivity index (χ0) is 23.2. The zero-order valence-electron chi connectivity index (χ0n) is 18.3. The molecule has 2 aromatic carbocycles. The number of amides is 1. The smallest absolute Gasteiger partial charge is 0.310 e. The Hall–Kier alpha value is -2.84. The molecule has 0 spiro atoms. The number of halogens is 1. The lowest BCUT2D eigenvalue weighted by atomic mass is 9.98. The van der Waals surface area contributed by atoms with Gasteiger partial charge in [-0.25, -0.2) is 0 Å². The largest absolute Gasteiger partial charge is 0.466 e. The number of esters is 1. The lowest BCUT2D eigenvalue weighted by molar-refractivity contribution is -0.151. The van der Waals surface area contributed by atoms with Crippen LogP contribution in [0, 0.1) is 5.92 Å². The first-order valence-corrected chi connectivity index (χ1v) is 12.3. The predicted octanol–water partition coefficient (Wildman–Crippen LogP) is 4.48. The Bertz CT molecular complexity index is 1120. The molecule has 1 fully saturated rings. The number of aromatic nitrogens is 3. The average Bonchev–Trinajstić information content (AvgIpc) is 3.27. The van der Waals surface area contributed by atoms with E-state index in [0.717, 1.165) is 24.1 Å². The standard InChI is InChI=1S/C24H25ClN4O3S/c1-2-32-23(31)17-9-8-14-28(15-17)21(30)16-33-24-27-26-22(19-12-6-7-13-20(19)25)29(24)18-10-4-3-5-11-18/h3-7,10-13,17H,2,8-9,14-16H2,1H3. The van der Waals surface area contributed by atoms with Crippen LogP contribution in [0.1, 0.15) is 19.8 Å². The van der Waals surface area contributed by atoms with Crippen molar-refractivity contribution in [2.45, 2.75) is 24.9 Å². The van der Waals surface area contributed by atoms with Crippen LogP contribution in [-0.4, -0.2) is 57.0 Å². The molecular weight excluding hydrogens is 460 g/mol. The second-order valence-electron chi connectivity index (χ2n) is 7.68. The quantitative estimate of drug-likeness (QED) is 0.363. The van der Waals surface area contributed by atoms with Crippen molar-refractivity contribution in [2.75, 3.05) is 25.4 Å². The van der Waals surface area contributed by atoms with Gasteiger partial charge < -0.3 is 9.64 Å². The lowest BCUT2D eigenvalue weighted by Gasteiger charge is -2.31. The zero-order valence-corrected chi connectivity index (χ0v) is 19.9. The highest BCUT2D eigenvalue weighted by molar-refractivity contribution is 7.99. The normalized spacial score (nSPS) is 15.9. The molecule has 33 heavy (non-hydrogen) atoms. The molecule has 0 saturated carbocycles. The van der Waals surface area contributed by atoms with Crippen molar-refractivity contribution in [3.05, 3.63) is 59.6 Å². The van der Waals surface area contributed by atoms with Gasteiger partial charge in [0.25, 0.3) is 0 Å². The minimum atomic E-state index is -0.257. The Labute approximate surface area is 202 Å². The molecule has 1 atom stereocenters. The number of thioether (sulfide) groups is 1. The molecule has 2 heterocycles. The van der Waals surface area contributed by atoms with Gasteiger partial charge >= 0.3 is 5.97 Å². The molecule has 172 valence electrons. The van der Waals surface area contributed by atoms with Crippen LogP contribution in [0.3, 0.4) is 0 Å². The van der Waals surface area contributed by atoms with Crippen LogP contribution in [0.15, 0.2) is 59.8 Å². The van der Waals surface area contributed by atoms with Crippen molar-refractivity contribution in [1.82, 2.24) is 19.7 Å². The highest BCUT2D eigenvalue weighted by atomic mass is 35.5. The first-order chi connectivity index (χ1) is 16.1. The Morgan fingerprint density at radius 3 is 2.64 bits per heavy atom. The SMILES string of the molecule is CCOC(=O)C1CCCN(C(=O)CSc2nnc(-c3ccccc3Cl)n2-c2ccccc2)C1. The van der Waals surface area contributed by atoms with Crippen molar-refractivity contribution < 1.29 is 14.3 Å². The van der Waals surface area contributed by atoms with Crippen molar-refractivity contribution in [3.8, 4) is 17.1 Å². The van der Waals surface area contributed by atoms with Gasteiger partial charge in [0.05, 0.1) is 23.3 Å². The molecular formula is C24H25ClN4O3S. The number of likely N-dealkylation sites (tertiary alicyclic amines) is 1. The van der Waals surface area contributed by atoms with Crippen LogP contribution in [0.4, 0.5) is 0 Å². The Balaban J connectivity index is 1.53. The summed E-state index contributed by atoms with van der Waals surface area (Å²) >= 11 is 7.76. The number of hydrogen-bond donors (Lipinski definition) is 0. The third kappa shape index (κ3) is 5.39. The van der Waals surface area contributed by atoms with Crippen molar-refractivity contribution in [1.29, 1.82) is 0 Å². The van der Waals surface area contributed by atoms with Gasteiger partial charge in [0, 0.05) is 24.3 Å². The maximum atomic E-state index is 13.0. The van der Waals surface area contributed by atoms with Crippen LogP contribution in [0.5, 0.6) is 0 Å². The number of carbonyl (C=O) groups is 2. The van der Waals surface area contributed by atoms with Crippen LogP contribution in [-0.2, 0) is 14.3 Å². The molecule has 1 unspecified atom stereocenters. The Kier molecular flexibility index (Phi) is 7.67. The molecule has 0 radical (unpaired) electrons. The summed E-state index contributed by atoms with van der Waals surface area (Å²) in [5, 5.41) is 9.94. The molecule has 9 heteroatoms. The minimum absolute atomic E-state index is 0.0316. The number of benzene rings is 2. The average molecular weight is 485 g/mol. The molecule has 1 aromatic heterocycles. The molecule has 1 amide bonds. The van der Waals surface area contributed by atoms with Gasteiger partial charge in [0.1, 0.15) is 0 Å². The molecule has 3 aromatic rings. The molecule has 0 N–H and O–H groups in total. The van der Waals surface area contributed by atoms with Crippen LogP contribution < -0.4 is 0 Å². The minimum Gasteiger partial charge on any atom is -0.466 e. The van der Waals surface area contributed by atoms with E-state index in [1.165, 1.54) is 11.8 Å². The van der Waals surface area contributed by atoms with E-state index in [0.29, 0.717) is 35.7 Å². The van der Waals surface area contributed by atoms with E-state index < -0.39 is 0 Å². The summed E-state index contributed by atoms with van der Waals surface area (Å²) in [4.78, 5) is 26.8. The fourth-order valence-electron chi connectivity index (χ4n) is 3.86. The Morgan fingerprint density at radius 2 is 1.88 bits per heavy atom. The van der Waals surface area contributed by atoms with E-state index in [1.54, 1.807) is 11.8 Å². The molecule has 0 aliphatic carbocycles. The fraction of sp³-hybridized carbons (Fsp3) is 0.333. The predicted molar refractivity (Wildman–Crippen MR) is 128 cm³/mol. The number of ether oxygens (including phenoxy) is 1. The highest BCUT2D eigenvalue weighted by Gasteiger charge is 2.29. The van der Waals surface area contributed by atoms with Crippen molar-refractivity contribution in [2.24, 2.45) is 5.92 Å². The summed E-state index contributed by atoms with van der Waals surface area (Å²) in [6.07, 6.45) is 1.54. The van der Waals surface area contributed by atoms with Crippen molar-refractivity contribution in [3.63, 3.8) is 0 Å². The van der Waals surface area contributed by atoms with E-state index >= 15 is 0 Å². The van der Waals surface area contributed by atoms with E-state index in [1.807, 2.05) is 59.2 Å². The number of nitrogens with zero attached hydrogens (tertiary/aromatic N) is 4. The molecule has 1 saturated heterocycles. The molecule has 7 nitrogen and oxygen atoms in total. The summed E-state index contributed by atoms with van der Waals surface area (Å²) in [5.74, 6) is 0.296. The summed E-state index contributed by atoms with van der Waals surface area (Å²) in [5.41, 5.74) is 1.65. The number of para-hydroxylation sites is 1. The third-order valence-electron chi connectivity index (χ3n) is 5.48. The lowest BCUT2D eigenvalue weighted by Crippen LogP contribution is -2.43. The summed E-state index contributed by atoms with van der Waals surface area (Å²) in [7, 11) is 0. The maximum absolute atomic E-state index is 13.0. The molecule has 0 bridgehead atoms. The second kappa shape index (κ2) is 10.9. The molecule has 1 aliphatic rings. The van der Waals surface area contributed by atoms with Crippen LogP contribution in [0.2, 0.25) is 5.02 Å². The topological polar surface area (TPSA) is 77.3 Å². The second-order valence-corrected chi connectivity index (χ2v) is 9.03.